The molecule has 0 aromatic rings. The van der Waals surface area contributed by atoms with Gasteiger partial charge < -0.3 is 19.9 Å². The molecule has 0 amide bonds. The second-order valence-corrected chi connectivity index (χ2v) is 13.2. The number of nitrogens with one attached hydrogen (secondary N) is 1. The molecule has 0 unspecified atom stereocenters. The standard InChI is InChI=1S/C29H47NO5/c1-17(31)35-25-16-28(2)18(14-24(25)32)10-11-20-21-12-13-22(27(33)34-4)29(21,3)15-23(26(20)28)30-19-8-6-5-7-9-19/h18-26,30,32H,5-16H2,1-4H3/t18-,20-,21-,22+,23+,24-,25-,26+,28-,29-/m0/s1. The molecule has 0 aromatic heterocycles. The molecule has 198 valence electrons. The molecule has 5 fully saturated rings. The molecule has 35 heavy (non-hydrogen) atoms. The SMILES string of the molecule is COC(=O)[C@H]1CC[C@H]2[C@@H]3CC[C@H]4C[C@H](O)[C@@H](OC(C)=O)C[C@]4(C)[C@H]3[C@H](NC3CCCCC3)C[C@]12C. The first-order valence-corrected chi connectivity index (χ1v) is 14.4. The number of rotatable bonds is 4. The molecule has 10 atom stereocenters. The van der Waals surface area contributed by atoms with E-state index in [1.807, 2.05) is 0 Å². The summed E-state index contributed by atoms with van der Waals surface area (Å²) in [4.78, 5) is 24.7. The average molecular weight is 490 g/mol. The number of fused-ring (bicyclic) bond motifs is 5. The molecule has 0 spiro atoms. The first kappa shape index (κ1) is 25.5. The minimum Gasteiger partial charge on any atom is -0.469 e. The minimum absolute atomic E-state index is 0.0124. The van der Waals surface area contributed by atoms with Crippen LogP contribution in [0.25, 0.3) is 0 Å². The molecule has 0 aromatic carbocycles. The van der Waals surface area contributed by atoms with Gasteiger partial charge in [0.2, 0.25) is 0 Å². The predicted octanol–water partition coefficient (Wildman–Crippen LogP) is 4.62. The Labute approximate surface area is 211 Å². The highest BCUT2D eigenvalue weighted by atomic mass is 16.6. The van der Waals surface area contributed by atoms with Crippen LogP contribution in [0.3, 0.4) is 0 Å². The molecule has 0 aliphatic heterocycles. The van der Waals surface area contributed by atoms with E-state index >= 15 is 0 Å². The lowest BCUT2D eigenvalue weighted by Gasteiger charge is -2.64. The van der Waals surface area contributed by atoms with Crippen LogP contribution in [0.4, 0.5) is 0 Å². The van der Waals surface area contributed by atoms with Crippen LogP contribution < -0.4 is 5.32 Å². The second-order valence-electron chi connectivity index (χ2n) is 13.2. The van der Waals surface area contributed by atoms with Crippen molar-refractivity contribution < 1.29 is 24.2 Å². The fraction of sp³-hybridized carbons (Fsp3) is 0.931. The Hall–Kier alpha value is -1.14. The van der Waals surface area contributed by atoms with Crippen LogP contribution >= 0.6 is 0 Å². The van der Waals surface area contributed by atoms with Crippen molar-refractivity contribution in [3.05, 3.63) is 0 Å². The molecule has 2 N–H and O–H groups in total. The van der Waals surface area contributed by atoms with E-state index < -0.39 is 12.2 Å². The normalized spacial score (nSPS) is 47.8. The van der Waals surface area contributed by atoms with Gasteiger partial charge >= 0.3 is 11.9 Å². The second kappa shape index (κ2) is 9.63. The van der Waals surface area contributed by atoms with E-state index in [2.05, 4.69) is 19.2 Å². The summed E-state index contributed by atoms with van der Waals surface area (Å²) in [7, 11) is 1.54. The average Bonchev–Trinajstić information content (AvgIpc) is 3.16. The lowest BCUT2D eigenvalue weighted by atomic mass is 9.43. The number of esters is 2. The van der Waals surface area contributed by atoms with E-state index in [0.29, 0.717) is 35.8 Å². The number of hydrogen-bond acceptors (Lipinski definition) is 6. The smallest absolute Gasteiger partial charge is 0.309 e. The zero-order chi connectivity index (χ0) is 25.0. The number of aliphatic hydroxyl groups is 1. The van der Waals surface area contributed by atoms with Crippen LogP contribution in [0, 0.1) is 40.4 Å². The summed E-state index contributed by atoms with van der Waals surface area (Å²) in [6, 6.07) is 0.894. The van der Waals surface area contributed by atoms with E-state index in [9.17, 15) is 14.7 Å². The molecule has 0 heterocycles. The largest absolute Gasteiger partial charge is 0.469 e. The number of carbonyl (C=O) groups is 2. The van der Waals surface area contributed by atoms with Gasteiger partial charge in [-0.15, -0.1) is 0 Å². The Balaban J connectivity index is 1.50. The Bertz CT molecular complexity index is 811. The van der Waals surface area contributed by atoms with E-state index in [4.69, 9.17) is 9.47 Å². The maximum atomic E-state index is 12.9. The number of aliphatic hydroxyl groups excluding tert-OH is 1. The van der Waals surface area contributed by atoms with Gasteiger partial charge in [-0.05, 0) is 92.3 Å². The van der Waals surface area contributed by atoms with Crippen molar-refractivity contribution in [3.63, 3.8) is 0 Å². The molecule has 6 nitrogen and oxygen atoms in total. The summed E-state index contributed by atoms with van der Waals surface area (Å²) in [6.45, 7) is 6.26. The summed E-state index contributed by atoms with van der Waals surface area (Å²) in [5.41, 5.74) is -0.0213. The Morgan fingerprint density at radius 3 is 2.37 bits per heavy atom. The molecular formula is C29H47NO5. The van der Waals surface area contributed by atoms with Gasteiger partial charge in [-0.25, -0.2) is 0 Å². The van der Waals surface area contributed by atoms with Gasteiger partial charge in [-0.2, -0.15) is 0 Å². The van der Waals surface area contributed by atoms with Crippen LogP contribution in [0.2, 0.25) is 0 Å². The molecule has 5 aliphatic carbocycles. The van der Waals surface area contributed by atoms with Gasteiger partial charge in [0.05, 0.1) is 19.1 Å². The molecule has 0 bridgehead atoms. The third-order valence-electron chi connectivity index (χ3n) is 11.5. The molecule has 0 saturated heterocycles. The summed E-state index contributed by atoms with van der Waals surface area (Å²) >= 11 is 0. The fourth-order valence-electron chi connectivity index (χ4n) is 10.0. The van der Waals surface area contributed by atoms with Crippen molar-refractivity contribution in [1.29, 1.82) is 0 Å². The van der Waals surface area contributed by atoms with Crippen molar-refractivity contribution in [3.8, 4) is 0 Å². The highest BCUT2D eigenvalue weighted by Gasteiger charge is 2.65. The third-order valence-corrected chi connectivity index (χ3v) is 11.5. The summed E-state index contributed by atoms with van der Waals surface area (Å²) in [6.07, 6.45) is 12.2. The van der Waals surface area contributed by atoms with Gasteiger partial charge in [0.15, 0.2) is 0 Å². The van der Waals surface area contributed by atoms with Crippen LogP contribution in [0.15, 0.2) is 0 Å². The molecule has 6 heteroatoms. The number of methoxy groups -OCH3 is 1. The maximum Gasteiger partial charge on any atom is 0.309 e. The fourth-order valence-corrected chi connectivity index (χ4v) is 10.0. The van der Waals surface area contributed by atoms with E-state index in [0.717, 1.165) is 38.5 Å². The van der Waals surface area contributed by atoms with Gasteiger partial charge in [-0.3, -0.25) is 9.59 Å². The zero-order valence-electron chi connectivity index (χ0n) is 22.3. The van der Waals surface area contributed by atoms with E-state index in [1.165, 1.54) is 52.6 Å². The highest BCUT2D eigenvalue weighted by Crippen LogP contribution is 2.67. The zero-order valence-corrected chi connectivity index (χ0v) is 22.3. The van der Waals surface area contributed by atoms with E-state index in [-0.39, 0.29) is 28.7 Å². The van der Waals surface area contributed by atoms with Crippen LogP contribution in [-0.2, 0) is 19.1 Å². The van der Waals surface area contributed by atoms with Crippen molar-refractivity contribution in [2.75, 3.05) is 7.11 Å². The van der Waals surface area contributed by atoms with Crippen LogP contribution in [-0.4, -0.2) is 48.4 Å². The first-order chi connectivity index (χ1) is 16.7. The Kier molecular flexibility index (Phi) is 7.02. The van der Waals surface area contributed by atoms with Gasteiger partial charge in [0.1, 0.15) is 6.10 Å². The first-order valence-electron chi connectivity index (χ1n) is 14.4. The highest BCUT2D eigenvalue weighted by molar-refractivity contribution is 5.74. The summed E-state index contributed by atoms with van der Waals surface area (Å²) in [5.74, 6) is 1.67. The number of hydrogen-bond donors (Lipinski definition) is 2. The summed E-state index contributed by atoms with van der Waals surface area (Å²) < 4.78 is 11.0. The van der Waals surface area contributed by atoms with E-state index in [1.54, 1.807) is 0 Å². The Morgan fingerprint density at radius 2 is 1.69 bits per heavy atom. The number of ether oxygens (including phenoxy) is 2. The maximum absolute atomic E-state index is 12.9. The topological polar surface area (TPSA) is 84.9 Å². The van der Waals surface area contributed by atoms with Gasteiger partial charge in [-0.1, -0.05) is 33.1 Å². The number of carbonyl (C=O) groups excluding carboxylic acids is 2. The van der Waals surface area contributed by atoms with Crippen molar-refractivity contribution >= 4 is 11.9 Å². The molecule has 5 aliphatic rings. The van der Waals surface area contributed by atoms with Gasteiger partial charge in [0.25, 0.3) is 0 Å². The quantitative estimate of drug-likeness (QED) is 0.561. The molecule has 5 rings (SSSR count). The third kappa shape index (κ3) is 4.35. The molecule has 5 saturated carbocycles. The van der Waals surface area contributed by atoms with Crippen molar-refractivity contribution in [1.82, 2.24) is 5.32 Å². The summed E-state index contributed by atoms with van der Waals surface area (Å²) in [5, 5.41) is 15.0. The van der Waals surface area contributed by atoms with Crippen LogP contribution in [0.5, 0.6) is 0 Å². The molecular weight excluding hydrogens is 442 g/mol. The van der Waals surface area contributed by atoms with Crippen molar-refractivity contribution in [2.24, 2.45) is 40.4 Å². The monoisotopic (exact) mass is 489 g/mol. The predicted molar refractivity (Wildman–Crippen MR) is 133 cm³/mol. The van der Waals surface area contributed by atoms with Crippen molar-refractivity contribution in [2.45, 2.75) is 122 Å². The Morgan fingerprint density at radius 1 is 0.943 bits per heavy atom. The molecule has 0 radical (unpaired) electrons. The van der Waals surface area contributed by atoms with Gasteiger partial charge in [0, 0.05) is 19.0 Å². The lowest BCUT2D eigenvalue weighted by Crippen LogP contribution is -2.65. The lowest BCUT2D eigenvalue weighted by molar-refractivity contribution is -0.189. The minimum atomic E-state index is -0.567. The van der Waals surface area contributed by atoms with Crippen LogP contribution in [0.1, 0.15) is 97.8 Å².